The molecule has 0 spiro atoms. The van der Waals surface area contributed by atoms with Crippen LogP contribution in [0.25, 0.3) is 0 Å². The Hall–Kier alpha value is -0.960. The summed E-state index contributed by atoms with van der Waals surface area (Å²) in [4.78, 5) is 10.5. The molecule has 0 aliphatic rings. The Labute approximate surface area is 83.0 Å². The molecule has 0 amide bonds. The van der Waals surface area contributed by atoms with Crippen molar-refractivity contribution in [1.82, 2.24) is 0 Å². The van der Waals surface area contributed by atoms with E-state index in [1.54, 1.807) is 12.1 Å². The molecule has 0 saturated carbocycles. The van der Waals surface area contributed by atoms with E-state index in [1.807, 2.05) is 12.1 Å². The van der Waals surface area contributed by atoms with Gasteiger partial charge in [-0.25, -0.2) is 4.79 Å². The summed E-state index contributed by atoms with van der Waals surface area (Å²) < 4.78 is 0. The fourth-order valence-electron chi connectivity index (χ4n) is 1.06. The number of carbonyl (C=O) groups is 1. The van der Waals surface area contributed by atoms with Crippen molar-refractivity contribution in [2.24, 2.45) is 0 Å². The summed E-state index contributed by atoms with van der Waals surface area (Å²) in [7, 11) is 0. The third-order valence-corrected chi connectivity index (χ3v) is 2.55. The summed E-state index contributed by atoms with van der Waals surface area (Å²) in [6.07, 6.45) is 0. The number of aromatic carboxylic acids is 1. The summed E-state index contributed by atoms with van der Waals surface area (Å²) in [6.45, 7) is 2.06. The van der Waals surface area contributed by atoms with Gasteiger partial charge in [0.05, 0.1) is 5.56 Å². The number of hydrogen-bond acceptors (Lipinski definition) is 2. The van der Waals surface area contributed by atoms with Crippen molar-refractivity contribution in [2.45, 2.75) is 12.8 Å². The Bertz CT molecular complexity index is 292. The van der Waals surface area contributed by atoms with E-state index in [4.69, 9.17) is 5.11 Å². The van der Waals surface area contributed by atoms with Crippen LogP contribution in [-0.4, -0.2) is 16.8 Å². The second-order valence-corrected chi connectivity index (χ2v) is 3.38. The van der Waals surface area contributed by atoms with Crippen molar-refractivity contribution < 1.29 is 9.90 Å². The van der Waals surface area contributed by atoms with Gasteiger partial charge in [0.1, 0.15) is 0 Å². The highest BCUT2D eigenvalue weighted by Crippen LogP contribution is 2.16. The summed E-state index contributed by atoms with van der Waals surface area (Å²) in [5.41, 5.74) is 1.45. The first-order valence-electron chi connectivity index (χ1n) is 4.09. The van der Waals surface area contributed by atoms with E-state index in [0.717, 1.165) is 11.3 Å². The third kappa shape index (κ3) is 2.49. The van der Waals surface area contributed by atoms with E-state index in [2.05, 4.69) is 19.6 Å². The zero-order chi connectivity index (χ0) is 9.84. The average molecular weight is 196 g/mol. The van der Waals surface area contributed by atoms with E-state index in [0.29, 0.717) is 11.5 Å². The molecule has 1 aromatic rings. The van der Waals surface area contributed by atoms with Gasteiger partial charge in [0.15, 0.2) is 0 Å². The molecule has 0 aliphatic carbocycles. The van der Waals surface area contributed by atoms with Gasteiger partial charge in [-0.3, -0.25) is 0 Å². The maximum absolute atomic E-state index is 10.5. The minimum atomic E-state index is -0.884. The SMILES string of the molecule is CC(CS)c1ccc(C(=O)O)cc1. The molecular formula is C10H12O2S. The smallest absolute Gasteiger partial charge is 0.335 e. The Morgan fingerprint density at radius 3 is 2.38 bits per heavy atom. The monoisotopic (exact) mass is 196 g/mol. The summed E-state index contributed by atoms with van der Waals surface area (Å²) >= 11 is 4.18. The Kier molecular flexibility index (Phi) is 3.37. The first-order valence-corrected chi connectivity index (χ1v) is 4.72. The minimum absolute atomic E-state index is 0.329. The lowest BCUT2D eigenvalue weighted by Crippen LogP contribution is -1.98. The number of rotatable bonds is 3. The first kappa shape index (κ1) is 10.1. The number of benzene rings is 1. The largest absolute Gasteiger partial charge is 0.478 e. The fourth-order valence-corrected chi connectivity index (χ4v) is 1.27. The molecule has 13 heavy (non-hydrogen) atoms. The van der Waals surface area contributed by atoms with Crippen LogP contribution in [0.2, 0.25) is 0 Å². The van der Waals surface area contributed by atoms with Crippen molar-refractivity contribution in [1.29, 1.82) is 0 Å². The molecule has 1 aromatic carbocycles. The van der Waals surface area contributed by atoms with Crippen LogP contribution in [0, 0.1) is 0 Å². The molecular weight excluding hydrogens is 184 g/mol. The maximum Gasteiger partial charge on any atom is 0.335 e. The highest BCUT2D eigenvalue weighted by atomic mass is 32.1. The first-order chi connectivity index (χ1) is 6.15. The van der Waals surface area contributed by atoms with Gasteiger partial charge in [-0.1, -0.05) is 19.1 Å². The zero-order valence-corrected chi connectivity index (χ0v) is 8.29. The van der Waals surface area contributed by atoms with Crippen molar-refractivity contribution in [2.75, 3.05) is 5.75 Å². The van der Waals surface area contributed by atoms with E-state index in [-0.39, 0.29) is 0 Å². The summed E-state index contributed by atoms with van der Waals surface area (Å²) in [5, 5.41) is 8.66. The number of carboxylic acids is 1. The number of hydrogen-bond donors (Lipinski definition) is 2. The predicted octanol–water partition coefficient (Wildman–Crippen LogP) is 2.42. The Morgan fingerprint density at radius 2 is 2.00 bits per heavy atom. The Balaban J connectivity index is 2.87. The van der Waals surface area contributed by atoms with Crippen molar-refractivity contribution in [3.8, 4) is 0 Å². The second-order valence-electron chi connectivity index (χ2n) is 3.01. The molecule has 3 heteroatoms. The van der Waals surface area contributed by atoms with Gasteiger partial charge in [-0.2, -0.15) is 12.6 Å². The summed E-state index contributed by atoms with van der Waals surface area (Å²) in [5.74, 6) is 0.253. The lowest BCUT2D eigenvalue weighted by atomic mass is 10.0. The minimum Gasteiger partial charge on any atom is -0.478 e. The maximum atomic E-state index is 10.5. The molecule has 0 aromatic heterocycles. The van der Waals surface area contributed by atoms with Crippen LogP contribution in [0.5, 0.6) is 0 Å². The van der Waals surface area contributed by atoms with E-state index >= 15 is 0 Å². The van der Waals surface area contributed by atoms with Crippen LogP contribution >= 0.6 is 12.6 Å². The van der Waals surface area contributed by atoms with Gasteiger partial charge in [-0.15, -0.1) is 0 Å². The fraction of sp³-hybridized carbons (Fsp3) is 0.300. The van der Waals surface area contributed by atoms with Gasteiger partial charge in [0.25, 0.3) is 0 Å². The van der Waals surface area contributed by atoms with Crippen molar-refractivity contribution >= 4 is 18.6 Å². The quantitative estimate of drug-likeness (QED) is 0.728. The normalized spacial score (nSPS) is 12.5. The molecule has 0 aliphatic heterocycles. The molecule has 1 unspecified atom stereocenters. The molecule has 0 fully saturated rings. The van der Waals surface area contributed by atoms with Crippen LogP contribution < -0.4 is 0 Å². The van der Waals surface area contributed by atoms with Gasteiger partial charge >= 0.3 is 5.97 Å². The topological polar surface area (TPSA) is 37.3 Å². The van der Waals surface area contributed by atoms with E-state index in [9.17, 15) is 4.79 Å². The van der Waals surface area contributed by atoms with Gasteiger partial charge in [0.2, 0.25) is 0 Å². The van der Waals surface area contributed by atoms with E-state index < -0.39 is 5.97 Å². The lowest BCUT2D eigenvalue weighted by Gasteiger charge is -2.07. The number of carboxylic acid groups (broad SMARTS) is 1. The molecule has 0 heterocycles. The number of thiol groups is 1. The summed E-state index contributed by atoms with van der Waals surface area (Å²) in [6, 6.07) is 6.92. The second kappa shape index (κ2) is 4.33. The standard InChI is InChI=1S/C10H12O2S/c1-7(6-13)8-2-4-9(5-3-8)10(11)12/h2-5,7,13H,6H2,1H3,(H,11,12). The highest BCUT2D eigenvalue weighted by molar-refractivity contribution is 7.80. The lowest BCUT2D eigenvalue weighted by molar-refractivity contribution is 0.0697. The van der Waals surface area contributed by atoms with Crippen molar-refractivity contribution in [3.63, 3.8) is 0 Å². The molecule has 1 N–H and O–H groups in total. The average Bonchev–Trinajstić information content (AvgIpc) is 2.17. The molecule has 2 nitrogen and oxygen atoms in total. The van der Waals surface area contributed by atoms with Gasteiger partial charge in [0, 0.05) is 0 Å². The van der Waals surface area contributed by atoms with Crippen LogP contribution in [0.4, 0.5) is 0 Å². The Morgan fingerprint density at radius 1 is 1.46 bits per heavy atom. The molecule has 1 rings (SSSR count). The molecule has 70 valence electrons. The van der Waals surface area contributed by atoms with Crippen LogP contribution in [0.15, 0.2) is 24.3 Å². The van der Waals surface area contributed by atoms with Crippen LogP contribution in [-0.2, 0) is 0 Å². The van der Waals surface area contributed by atoms with Gasteiger partial charge in [-0.05, 0) is 29.4 Å². The zero-order valence-electron chi connectivity index (χ0n) is 7.40. The molecule has 0 radical (unpaired) electrons. The third-order valence-electron chi connectivity index (χ3n) is 2.00. The predicted molar refractivity (Wildman–Crippen MR) is 55.7 cm³/mol. The molecule has 0 bridgehead atoms. The molecule has 1 atom stereocenters. The van der Waals surface area contributed by atoms with Crippen LogP contribution in [0.1, 0.15) is 28.8 Å². The van der Waals surface area contributed by atoms with E-state index in [1.165, 1.54) is 0 Å². The molecule has 0 saturated heterocycles. The van der Waals surface area contributed by atoms with Crippen LogP contribution in [0.3, 0.4) is 0 Å². The van der Waals surface area contributed by atoms with Gasteiger partial charge < -0.3 is 5.11 Å². The highest BCUT2D eigenvalue weighted by Gasteiger charge is 2.05. The van der Waals surface area contributed by atoms with Crippen molar-refractivity contribution in [3.05, 3.63) is 35.4 Å².